The summed E-state index contributed by atoms with van der Waals surface area (Å²) in [6.07, 6.45) is -0.413. The Kier molecular flexibility index (Phi) is 6.05. The van der Waals surface area contributed by atoms with E-state index < -0.39 is 29.9 Å². The van der Waals surface area contributed by atoms with Crippen molar-refractivity contribution in [2.24, 2.45) is 0 Å². The van der Waals surface area contributed by atoms with Crippen LogP contribution in [-0.2, 0) is 9.59 Å². The molecule has 0 atom stereocenters. The topological polar surface area (TPSA) is 67.4 Å². The van der Waals surface area contributed by atoms with E-state index in [1.165, 1.54) is 6.07 Å². The monoisotopic (exact) mass is 348 g/mol. The second kappa shape index (κ2) is 8.23. The van der Waals surface area contributed by atoms with Crippen molar-refractivity contribution in [2.45, 2.75) is 26.4 Å². The minimum atomic E-state index is -1.08. The van der Waals surface area contributed by atoms with Crippen LogP contribution in [0, 0.1) is 11.6 Å². The summed E-state index contributed by atoms with van der Waals surface area (Å²) in [5, 5.41) is 4.90. The lowest BCUT2D eigenvalue weighted by molar-refractivity contribution is -0.123. The van der Waals surface area contributed by atoms with E-state index in [0.717, 1.165) is 12.1 Å². The van der Waals surface area contributed by atoms with Gasteiger partial charge in [-0.1, -0.05) is 0 Å². The van der Waals surface area contributed by atoms with Crippen LogP contribution < -0.4 is 15.4 Å². The summed E-state index contributed by atoms with van der Waals surface area (Å²) in [4.78, 5) is 23.6. The summed E-state index contributed by atoms with van der Waals surface area (Å²) < 4.78 is 31.4. The van der Waals surface area contributed by atoms with Gasteiger partial charge in [-0.15, -0.1) is 0 Å². The van der Waals surface area contributed by atoms with Crippen molar-refractivity contribution in [3.8, 4) is 5.75 Å². The summed E-state index contributed by atoms with van der Waals surface area (Å²) >= 11 is 0. The van der Waals surface area contributed by atoms with Gasteiger partial charge in [0, 0.05) is 17.4 Å². The number of anilines is 2. The highest BCUT2D eigenvalue weighted by Crippen LogP contribution is 2.17. The van der Waals surface area contributed by atoms with Gasteiger partial charge in [0.15, 0.2) is 11.6 Å². The molecule has 2 aromatic carbocycles. The molecule has 5 nitrogen and oxygen atoms in total. The fourth-order valence-electron chi connectivity index (χ4n) is 2.02. The number of hydrogen-bond acceptors (Lipinski definition) is 3. The van der Waals surface area contributed by atoms with Crippen molar-refractivity contribution in [2.75, 3.05) is 10.6 Å². The van der Waals surface area contributed by atoms with E-state index in [0.29, 0.717) is 11.4 Å². The minimum absolute atomic E-state index is 0.0421. The number of amides is 2. The van der Waals surface area contributed by atoms with Gasteiger partial charge < -0.3 is 15.4 Å². The van der Waals surface area contributed by atoms with E-state index in [1.54, 1.807) is 24.3 Å². The van der Waals surface area contributed by atoms with Gasteiger partial charge in [-0.05, 0) is 50.2 Å². The van der Waals surface area contributed by atoms with Crippen molar-refractivity contribution in [1.82, 2.24) is 0 Å². The minimum Gasteiger partial charge on any atom is -0.491 e. The normalized spacial score (nSPS) is 10.4. The molecule has 0 saturated carbocycles. The number of carbonyl (C=O) groups is 2. The smallest absolute Gasteiger partial charge is 0.233 e. The molecule has 0 bridgehead atoms. The maximum atomic E-state index is 13.1. The first-order valence-corrected chi connectivity index (χ1v) is 7.65. The highest BCUT2D eigenvalue weighted by Gasteiger charge is 2.11. The average Bonchev–Trinajstić information content (AvgIpc) is 2.52. The van der Waals surface area contributed by atoms with Crippen LogP contribution in [0.1, 0.15) is 20.3 Å². The Morgan fingerprint density at radius 2 is 1.48 bits per heavy atom. The summed E-state index contributed by atoms with van der Waals surface area (Å²) in [6, 6.07) is 9.67. The van der Waals surface area contributed by atoms with Gasteiger partial charge in [0.1, 0.15) is 12.2 Å². The SMILES string of the molecule is CC(C)Oc1ccc(NC(=O)CC(=O)Nc2ccc(F)c(F)c2)cc1. The molecule has 2 aromatic rings. The Hall–Kier alpha value is -2.96. The largest absolute Gasteiger partial charge is 0.491 e. The Morgan fingerprint density at radius 1 is 0.920 bits per heavy atom. The highest BCUT2D eigenvalue weighted by molar-refractivity contribution is 6.08. The molecule has 2 amide bonds. The third-order valence-electron chi connectivity index (χ3n) is 3.03. The lowest BCUT2D eigenvalue weighted by Crippen LogP contribution is -2.21. The quantitative estimate of drug-likeness (QED) is 0.782. The van der Waals surface area contributed by atoms with E-state index in [2.05, 4.69) is 10.6 Å². The zero-order valence-electron chi connectivity index (χ0n) is 13.8. The highest BCUT2D eigenvalue weighted by atomic mass is 19.2. The zero-order chi connectivity index (χ0) is 18.4. The molecule has 0 fully saturated rings. The Labute approximate surface area is 144 Å². The average molecular weight is 348 g/mol. The van der Waals surface area contributed by atoms with Gasteiger partial charge in [-0.25, -0.2) is 8.78 Å². The van der Waals surface area contributed by atoms with Gasteiger partial charge >= 0.3 is 0 Å². The molecule has 0 heterocycles. The number of hydrogen-bond donors (Lipinski definition) is 2. The second-order valence-corrected chi connectivity index (χ2v) is 5.59. The van der Waals surface area contributed by atoms with Crippen LogP contribution >= 0.6 is 0 Å². The van der Waals surface area contributed by atoms with Crippen molar-refractivity contribution in [1.29, 1.82) is 0 Å². The Morgan fingerprint density at radius 3 is 2.04 bits per heavy atom. The number of carbonyl (C=O) groups excluding carboxylic acids is 2. The van der Waals surface area contributed by atoms with Crippen LogP contribution in [0.5, 0.6) is 5.75 Å². The van der Waals surface area contributed by atoms with E-state index in [9.17, 15) is 18.4 Å². The first kappa shape index (κ1) is 18.4. The first-order chi connectivity index (χ1) is 11.8. The van der Waals surface area contributed by atoms with Crippen LogP contribution in [0.3, 0.4) is 0 Å². The molecule has 0 unspecified atom stereocenters. The van der Waals surface area contributed by atoms with Crippen LogP contribution in [0.4, 0.5) is 20.2 Å². The molecular weight excluding hydrogens is 330 g/mol. The molecule has 0 aliphatic carbocycles. The van der Waals surface area contributed by atoms with E-state index in [1.807, 2.05) is 13.8 Å². The predicted molar refractivity (Wildman–Crippen MR) is 90.4 cm³/mol. The maximum absolute atomic E-state index is 13.1. The van der Waals surface area contributed by atoms with E-state index in [-0.39, 0.29) is 11.8 Å². The predicted octanol–water partition coefficient (Wildman–Crippen LogP) is 3.72. The number of benzene rings is 2. The summed E-state index contributed by atoms with van der Waals surface area (Å²) in [5.74, 6) is -2.59. The van der Waals surface area contributed by atoms with E-state index in [4.69, 9.17) is 4.74 Å². The molecule has 0 spiro atoms. The van der Waals surface area contributed by atoms with E-state index >= 15 is 0 Å². The fourth-order valence-corrected chi connectivity index (χ4v) is 2.02. The van der Waals surface area contributed by atoms with Gasteiger partial charge in [0.2, 0.25) is 11.8 Å². The van der Waals surface area contributed by atoms with Crippen LogP contribution in [0.15, 0.2) is 42.5 Å². The molecule has 7 heteroatoms. The molecule has 2 rings (SSSR count). The molecule has 2 N–H and O–H groups in total. The maximum Gasteiger partial charge on any atom is 0.233 e. The molecule has 0 aliphatic heterocycles. The van der Waals surface area contributed by atoms with Gasteiger partial charge in [0.25, 0.3) is 0 Å². The summed E-state index contributed by atoms with van der Waals surface area (Å²) in [5.41, 5.74) is 0.591. The summed E-state index contributed by atoms with van der Waals surface area (Å²) in [6.45, 7) is 3.81. The summed E-state index contributed by atoms with van der Waals surface area (Å²) in [7, 11) is 0. The fraction of sp³-hybridized carbons (Fsp3) is 0.222. The zero-order valence-corrected chi connectivity index (χ0v) is 13.8. The van der Waals surface area contributed by atoms with Gasteiger partial charge in [0.05, 0.1) is 6.10 Å². The van der Waals surface area contributed by atoms with Crippen LogP contribution in [0.25, 0.3) is 0 Å². The van der Waals surface area contributed by atoms with Crippen molar-refractivity contribution in [3.05, 3.63) is 54.1 Å². The third kappa shape index (κ3) is 5.87. The lowest BCUT2D eigenvalue weighted by atomic mass is 10.2. The molecule has 132 valence electrons. The molecule has 25 heavy (non-hydrogen) atoms. The lowest BCUT2D eigenvalue weighted by Gasteiger charge is -2.11. The number of rotatable bonds is 6. The van der Waals surface area contributed by atoms with Crippen LogP contribution in [0.2, 0.25) is 0 Å². The molecule has 0 saturated heterocycles. The number of halogens is 2. The van der Waals surface area contributed by atoms with Crippen molar-refractivity contribution in [3.63, 3.8) is 0 Å². The Bertz CT molecular complexity index is 761. The molecule has 0 radical (unpaired) electrons. The Balaban J connectivity index is 1.86. The van der Waals surface area contributed by atoms with Crippen molar-refractivity contribution < 1.29 is 23.1 Å². The molecule has 0 aromatic heterocycles. The third-order valence-corrected chi connectivity index (χ3v) is 3.03. The number of nitrogens with one attached hydrogen (secondary N) is 2. The molecule has 0 aliphatic rings. The molecular formula is C18H18F2N2O3. The van der Waals surface area contributed by atoms with Gasteiger partial charge in [-0.3, -0.25) is 9.59 Å². The first-order valence-electron chi connectivity index (χ1n) is 7.65. The van der Waals surface area contributed by atoms with Crippen LogP contribution in [-0.4, -0.2) is 17.9 Å². The standard InChI is InChI=1S/C18H18F2N2O3/c1-11(2)25-14-6-3-12(4-7-14)21-17(23)10-18(24)22-13-5-8-15(19)16(20)9-13/h3-9,11H,10H2,1-2H3,(H,21,23)(H,22,24). The number of ether oxygens (including phenoxy) is 1. The second-order valence-electron chi connectivity index (χ2n) is 5.59. The van der Waals surface area contributed by atoms with Gasteiger partial charge in [-0.2, -0.15) is 0 Å². The van der Waals surface area contributed by atoms with Crippen molar-refractivity contribution >= 4 is 23.2 Å².